The molecule has 0 amide bonds. The van der Waals surface area contributed by atoms with Crippen LogP contribution in [0.2, 0.25) is 0 Å². The second kappa shape index (κ2) is 4.57. The number of aliphatic hydroxyl groups excluding tert-OH is 1. The Balaban J connectivity index is 2.51. The van der Waals surface area contributed by atoms with Crippen molar-refractivity contribution < 1.29 is 9.90 Å². The molecule has 0 aliphatic carbocycles. The van der Waals surface area contributed by atoms with Crippen molar-refractivity contribution in [3.8, 4) is 0 Å². The Morgan fingerprint density at radius 3 is 2.53 bits per heavy atom. The molecule has 1 aliphatic heterocycles. The van der Waals surface area contributed by atoms with E-state index in [0.717, 1.165) is 11.4 Å². The van der Waals surface area contributed by atoms with Gasteiger partial charge in [-0.05, 0) is 18.6 Å². The molecule has 0 atom stereocenters. The molecule has 1 heterocycles. The van der Waals surface area contributed by atoms with Crippen molar-refractivity contribution in [3.05, 3.63) is 53.4 Å². The van der Waals surface area contributed by atoms with Crippen LogP contribution in [0, 0.1) is 0 Å². The van der Waals surface area contributed by atoms with Crippen molar-refractivity contribution in [2.75, 3.05) is 11.9 Å². The number of anilines is 1. The number of benzene rings is 1. The number of carbonyl (C=O) groups is 1. The van der Waals surface area contributed by atoms with Crippen LogP contribution in [-0.4, -0.2) is 17.9 Å². The van der Waals surface area contributed by atoms with Gasteiger partial charge in [-0.3, -0.25) is 4.79 Å². The summed E-state index contributed by atoms with van der Waals surface area (Å²) in [5.74, 6) is -0.166. The maximum absolute atomic E-state index is 11.0. The zero-order valence-electron chi connectivity index (χ0n) is 11.8. The minimum absolute atomic E-state index is 0.00442. The van der Waals surface area contributed by atoms with E-state index in [9.17, 15) is 9.90 Å². The van der Waals surface area contributed by atoms with E-state index in [0.29, 0.717) is 0 Å². The van der Waals surface area contributed by atoms with E-state index < -0.39 is 0 Å². The molecule has 0 saturated carbocycles. The molecule has 2 rings (SSSR count). The first-order chi connectivity index (χ1) is 8.84. The maximum atomic E-state index is 11.0. The average molecular weight is 257 g/mol. The summed E-state index contributed by atoms with van der Waals surface area (Å²) in [6.07, 6.45) is 2.90. The summed E-state index contributed by atoms with van der Waals surface area (Å²) in [5, 5.41) is 9.85. The fourth-order valence-electron chi connectivity index (χ4n) is 2.65. The first kappa shape index (κ1) is 13.4. The standard InChI is InChI=1S/C16H19NO2/c1-11(18)9-12(19)10-15-16(2,3)13-7-5-6-8-14(13)17(15)4/h5-10,19H,1-4H3/b12-9-,15-10?. The molecule has 0 unspecified atom stereocenters. The highest BCUT2D eigenvalue weighted by Gasteiger charge is 2.38. The lowest BCUT2D eigenvalue weighted by atomic mass is 9.83. The molecule has 1 aliphatic rings. The number of para-hydroxylation sites is 1. The second-order valence-corrected chi connectivity index (χ2v) is 5.41. The largest absolute Gasteiger partial charge is 0.508 e. The molecule has 1 aromatic rings. The van der Waals surface area contributed by atoms with E-state index in [-0.39, 0.29) is 17.0 Å². The maximum Gasteiger partial charge on any atom is 0.156 e. The van der Waals surface area contributed by atoms with Crippen LogP contribution in [0.25, 0.3) is 0 Å². The Morgan fingerprint density at radius 1 is 1.32 bits per heavy atom. The molecule has 3 nitrogen and oxygen atoms in total. The van der Waals surface area contributed by atoms with Crippen molar-refractivity contribution >= 4 is 11.5 Å². The van der Waals surface area contributed by atoms with E-state index in [1.165, 1.54) is 18.6 Å². The van der Waals surface area contributed by atoms with Gasteiger partial charge in [0.2, 0.25) is 0 Å². The quantitative estimate of drug-likeness (QED) is 0.652. The second-order valence-electron chi connectivity index (χ2n) is 5.41. The molecular weight excluding hydrogens is 238 g/mol. The summed E-state index contributed by atoms with van der Waals surface area (Å²) in [6.45, 7) is 5.65. The Hall–Kier alpha value is -2.03. The predicted molar refractivity (Wildman–Crippen MR) is 77.3 cm³/mol. The Kier molecular flexibility index (Phi) is 3.23. The predicted octanol–water partition coefficient (Wildman–Crippen LogP) is 3.33. The average Bonchev–Trinajstić information content (AvgIpc) is 2.51. The highest BCUT2D eigenvalue weighted by atomic mass is 16.3. The summed E-state index contributed by atoms with van der Waals surface area (Å²) >= 11 is 0. The highest BCUT2D eigenvalue weighted by molar-refractivity contribution is 5.88. The van der Waals surface area contributed by atoms with Crippen molar-refractivity contribution in [1.82, 2.24) is 0 Å². The lowest BCUT2D eigenvalue weighted by molar-refractivity contribution is -0.112. The van der Waals surface area contributed by atoms with Gasteiger partial charge < -0.3 is 10.0 Å². The summed E-state index contributed by atoms with van der Waals surface area (Å²) < 4.78 is 0. The first-order valence-corrected chi connectivity index (χ1v) is 6.30. The normalized spacial score (nSPS) is 19.7. The van der Waals surface area contributed by atoms with Gasteiger partial charge in [0.25, 0.3) is 0 Å². The molecule has 0 radical (unpaired) electrons. The number of aliphatic hydroxyl groups is 1. The Bertz CT molecular complexity index is 582. The van der Waals surface area contributed by atoms with Crippen LogP contribution in [0.1, 0.15) is 26.3 Å². The monoisotopic (exact) mass is 257 g/mol. The zero-order chi connectivity index (χ0) is 14.2. The van der Waals surface area contributed by atoms with Gasteiger partial charge >= 0.3 is 0 Å². The Morgan fingerprint density at radius 2 is 1.95 bits per heavy atom. The number of fused-ring (bicyclic) bond motifs is 1. The van der Waals surface area contributed by atoms with Gasteiger partial charge in [0, 0.05) is 36.0 Å². The highest BCUT2D eigenvalue weighted by Crippen LogP contribution is 2.46. The van der Waals surface area contributed by atoms with Crippen LogP contribution in [0.15, 0.2) is 47.9 Å². The van der Waals surface area contributed by atoms with E-state index >= 15 is 0 Å². The first-order valence-electron chi connectivity index (χ1n) is 6.30. The van der Waals surface area contributed by atoms with E-state index in [1.54, 1.807) is 6.08 Å². The van der Waals surface area contributed by atoms with Gasteiger partial charge in [-0.25, -0.2) is 0 Å². The summed E-state index contributed by atoms with van der Waals surface area (Å²) in [4.78, 5) is 13.1. The Labute approximate surface area is 113 Å². The summed E-state index contributed by atoms with van der Waals surface area (Å²) in [5.41, 5.74) is 3.14. The van der Waals surface area contributed by atoms with Crippen LogP contribution in [0.5, 0.6) is 0 Å². The molecule has 0 bridgehead atoms. The van der Waals surface area contributed by atoms with Gasteiger partial charge in [0.05, 0.1) is 0 Å². The zero-order valence-corrected chi connectivity index (χ0v) is 11.8. The molecule has 100 valence electrons. The van der Waals surface area contributed by atoms with E-state index in [4.69, 9.17) is 0 Å². The van der Waals surface area contributed by atoms with Crippen LogP contribution in [0.3, 0.4) is 0 Å². The van der Waals surface area contributed by atoms with Gasteiger partial charge in [0.15, 0.2) is 5.78 Å². The van der Waals surface area contributed by atoms with Crippen LogP contribution >= 0.6 is 0 Å². The number of carbonyl (C=O) groups excluding carboxylic acids is 1. The number of hydrogen-bond acceptors (Lipinski definition) is 3. The van der Waals surface area contributed by atoms with Gasteiger partial charge in [-0.15, -0.1) is 0 Å². The lowest BCUT2D eigenvalue weighted by Crippen LogP contribution is -2.23. The number of likely N-dealkylation sites (N-methyl/N-ethyl adjacent to an activating group) is 1. The minimum atomic E-state index is -0.191. The fourth-order valence-corrected chi connectivity index (χ4v) is 2.65. The summed E-state index contributed by atoms with van der Waals surface area (Å²) in [6, 6.07) is 8.17. The molecule has 0 spiro atoms. The third kappa shape index (κ3) is 2.28. The van der Waals surface area contributed by atoms with Crippen molar-refractivity contribution in [2.45, 2.75) is 26.2 Å². The van der Waals surface area contributed by atoms with Gasteiger partial charge in [-0.2, -0.15) is 0 Å². The fraction of sp³-hybridized carbons (Fsp3) is 0.312. The minimum Gasteiger partial charge on any atom is -0.508 e. The smallest absolute Gasteiger partial charge is 0.156 e. The molecule has 1 aromatic carbocycles. The van der Waals surface area contributed by atoms with E-state index in [2.05, 4.69) is 30.9 Å². The SMILES string of the molecule is CC(=O)/C=C(\O)C=C1N(C)c2ccccc2C1(C)C. The molecule has 19 heavy (non-hydrogen) atoms. The third-order valence-corrected chi connectivity index (χ3v) is 3.58. The van der Waals surface area contributed by atoms with Crippen LogP contribution in [-0.2, 0) is 10.2 Å². The van der Waals surface area contributed by atoms with Crippen LogP contribution < -0.4 is 4.90 Å². The number of hydrogen-bond donors (Lipinski definition) is 1. The van der Waals surface area contributed by atoms with Crippen molar-refractivity contribution in [3.63, 3.8) is 0 Å². The van der Waals surface area contributed by atoms with Crippen molar-refractivity contribution in [1.29, 1.82) is 0 Å². The van der Waals surface area contributed by atoms with Crippen LogP contribution in [0.4, 0.5) is 5.69 Å². The van der Waals surface area contributed by atoms with E-state index in [1.807, 2.05) is 19.2 Å². The number of allylic oxidation sites excluding steroid dienone is 3. The van der Waals surface area contributed by atoms with Gasteiger partial charge in [-0.1, -0.05) is 32.0 Å². The molecular formula is C16H19NO2. The third-order valence-electron chi connectivity index (χ3n) is 3.58. The molecule has 0 fully saturated rings. The number of nitrogens with zero attached hydrogens (tertiary/aromatic N) is 1. The number of rotatable bonds is 2. The molecule has 0 aromatic heterocycles. The molecule has 3 heteroatoms. The molecule has 1 N–H and O–H groups in total. The number of ketones is 1. The summed E-state index contributed by atoms with van der Waals surface area (Å²) in [7, 11) is 1.97. The van der Waals surface area contributed by atoms with Crippen molar-refractivity contribution in [2.24, 2.45) is 0 Å². The lowest BCUT2D eigenvalue weighted by Gasteiger charge is -2.24. The topological polar surface area (TPSA) is 40.5 Å². The molecule has 0 saturated heterocycles. The van der Waals surface area contributed by atoms with Gasteiger partial charge in [0.1, 0.15) is 5.76 Å².